The van der Waals surface area contributed by atoms with E-state index in [1.54, 1.807) is 24.4 Å². The summed E-state index contributed by atoms with van der Waals surface area (Å²) < 4.78 is 10.9. The van der Waals surface area contributed by atoms with Crippen LogP contribution in [0.3, 0.4) is 0 Å². The Morgan fingerprint density at radius 1 is 1.18 bits per heavy atom. The monoisotopic (exact) mass is 329 g/mol. The van der Waals surface area contributed by atoms with Gasteiger partial charge in [-0.3, -0.25) is 0 Å². The number of hydrogen-bond acceptors (Lipinski definition) is 6. The van der Waals surface area contributed by atoms with Crippen LogP contribution in [0.15, 0.2) is 24.4 Å². The fourth-order valence-corrected chi connectivity index (χ4v) is 2.76. The van der Waals surface area contributed by atoms with E-state index in [0.717, 1.165) is 5.52 Å². The first-order chi connectivity index (χ1) is 10.5. The van der Waals surface area contributed by atoms with Crippen molar-refractivity contribution in [3.63, 3.8) is 0 Å². The molecular weight excluding hydrogens is 314 g/mol. The average Bonchev–Trinajstić information content (AvgIpc) is 2.92. The lowest BCUT2D eigenvalue weighted by Crippen LogP contribution is -2.60. The summed E-state index contributed by atoms with van der Waals surface area (Å²) >= 11 is 6.13. The number of halogens is 1. The second kappa shape index (κ2) is 6.04. The van der Waals surface area contributed by atoms with Gasteiger partial charge in [0.15, 0.2) is 0 Å². The van der Waals surface area contributed by atoms with Gasteiger partial charge in [-0.05, 0) is 12.1 Å². The summed E-state index contributed by atoms with van der Waals surface area (Å²) in [5, 5.41) is 39.7. The van der Waals surface area contributed by atoms with Gasteiger partial charge < -0.3 is 34.9 Å². The highest BCUT2D eigenvalue weighted by Gasteiger charge is 2.44. The van der Waals surface area contributed by atoms with E-state index in [1.807, 2.05) is 0 Å². The molecule has 1 aliphatic rings. The molecule has 1 aromatic carbocycles. The number of rotatable bonds is 3. The summed E-state index contributed by atoms with van der Waals surface area (Å²) in [5.41, 5.74) is 0.743. The quantitative estimate of drug-likeness (QED) is 0.541. The van der Waals surface area contributed by atoms with Crippen LogP contribution in [0.2, 0.25) is 5.02 Å². The van der Waals surface area contributed by atoms with Gasteiger partial charge in [-0.25, -0.2) is 0 Å². The van der Waals surface area contributed by atoms with Gasteiger partial charge in [-0.15, -0.1) is 0 Å². The lowest BCUT2D eigenvalue weighted by Gasteiger charge is -2.39. The van der Waals surface area contributed by atoms with Crippen LogP contribution in [-0.4, -0.2) is 62.7 Å². The predicted molar refractivity (Wildman–Crippen MR) is 77.7 cm³/mol. The molecule has 2 heterocycles. The molecule has 0 unspecified atom stereocenters. The molecule has 22 heavy (non-hydrogen) atoms. The average molecular weight is 330 g/mol. The zero-order valence-corrected chi connectivity index (χ0v) is 12.1. The lowest BCUT2D eigenvalue weighted by atomic mass is 9.99. The lowest BCUT2D eigenvalue weighted by molar-refractivity contribution is -0.277. The number of H-pyrrole nitrogens is 1. The molecular formula is C14H16ClNO6. The molecule has 1 aromatic heterocycles. The van der Waals surface area contributed by atoms with Crippen molar-refractivity contribution in [2.24, 2.45) is 0 Å². The Labute approximate surface area is 130 Å². The van der Waals surface area contributed by atoms with Gasteiger partial charge >= 0.3 is 0 Å². The first kappa shape index (κ1) is 15.5. The normalized spacial score (nSPS) is 32.3. The summed E-state index contributed by atoms with van der Waals surface area (Å²) in [7, 11) is 0. The third kappa shape index (κ3) is 2.56. The number of fused-ring (bicyclic) bond motifs is 1. The maximum atomic E-state index is 9.98. The van der Waals surface area contributed by atoms with Crippen molar-refractivity contribution >= 4 is 22.5 Å². The summed E-state index contributed by atoms with van der Waals surface area (Å²) in [6.45, 7) is -0.514. The van der Waals surface area contributed by atoms with Crippen LogP contribution in [0, 0.1) is 0 Å². The minimum Gasteiger partial charge on any atom is -0.460 e. The van der Waals surface area contributed by atoms with Crippen molar-refractivity contribution < 1.29 is 29.9 Å². The second-order valence-electron chi connectivity index (χ2n) is 5.13. The van der Waals surface area contributed by atoms with Gasteiger partial charge in [0.2, 0.25) is 6.29 Å². The Morgan fingerprint density at radius 2 is 1.95 bits per heavy atom. The predicted octanol–water partition coefficient (Wildman–Crippen LogP) is -0.000000000000000278. The van der Waals surface area contributed by atoms with Crippen molar-refractivity contribution in [2.45, 2.75) is 30.7 Å². The molecule has 8 heteroatoms. The van der Waals surface area contributed by atoms with Gasteiger partial charge in [-0.2, -0.15) is 0 Å². The van der Waals surface area contributed by atoms with E-state index < -0.39 is 37.3 Å². The number of aliphatic hydroxyl groups is 4. The molecule has 5 atom stereocenters. The van der Waals surface area contributed by atoms with Gasteiger partial charge in [0.25, 0.3) is 0 Å². The highest BCUT2D eigenvalue weighted by atomic mass is 35.5. The molecule has 0 spiro atoms. The number of benzene rings is 1. The molecule has 1 aliphatic heterocycles. The standard InChI is InChI=1S/C14H16ClNO6/c15-6-2-1-3-7-10(6)8(4-16-7)21-14-13(20)12(19)11(18)9(5-17)22-14/h1-4,9,11-14,16-20H,5H2/t9-,11-,12+,13-,14+/m0/s1. The highest BCUT2D eigenvalue weighted by Crippen LogP contribution is 2.34. The fourth-order valence-electron chi connectivity index (χ4n) is 2.49. The van der Waals surface area contributed by atoms with Crippen LogP contribution in [0.25, 0.3) is 10.9 Å². The van der Waals surface area contributed by atoms with Gasteiger partial charge in [-0.1, -0.05) is 17.7 Å². The van der Waals surface area contributed by atoms with E-state index in [4.69, 9.17) is 26.2 Å². The van der Waals surface area contributed by atoms with Gasteiger partial charge in [0, 0.05) is 6.20 Å². The molecule has 7 nitrogen and oxygen atoms in total. The topological polar surface area (TPSA) is 115 Å². The number of aromatic nitrogens is 1. The van der Waals surface area contributed by atoms with E-state index in [0.29, 0.717) is 16.2 Å². The van der Waals surface area contributed by atoms with Gasteiger partial charge in [0.05, 0.1) is 22.5 Å². The Morgan fingerprint density at radius 3 is 2.68 bits per heavy atom. The van der Waals surface area contributed by atoms with E-state index in [2.05, 4.69) is 4.98 Å². The number of ether oxygens (including phenoxy) is 2. The molecule has 1 fully saturated rings. The van der Waals surface area contributed by atoms with E-state index >= 15 is 0 Å². The molecule has 0 saturated carbocycles. The molecule has 1 saturated heterocycles. The van der Waals surface area contributed by atoms with Crippen LogP contribution in [0.1, 0.15) is 0 Å². The highest BCUT2D eigenvalue weighted by molar-refractivity contribution is 6.36. The largest absolute Gasteiger partial charge is 0.460 e. The number of aromatic amines is 1. The van der Waals surface area contributed by atoms with Crippen LogP contribution < -0.4 is 4.74 Å². The maximum absolute atomic E-state index is 9.98. The van der Waals surface area contributed by atoms with Gasteiger partial charge in [0.1, 0.15) is 30.2 Å². The minimum atomic E-state index is -1.49. The summed E-state index contributed by atoms with van der Waals surface area (Å²) in [4.78, 5) is 2.97. The van der Waals surface area contributed by atoms with Crippen molar-refractivity contribution in [2.75, 3.05) is 6.61 Å². The molecule has 3 rings (SSSR count). The summed E-state index contributed by atoms with van der Waals surface area (Å²) in [6, 6.07) is 5.28. The summed E-state index contributed by atoms with van der Waals surface area (Å²) in [5.74, 6) is 0.338. The minimum absolute atomic E-state index is 0.338. The smallest absolute Gasteiger partial charge is 0.229 e. The zero-order chi connectivity index (χ0) is 15.9. The number of hydrogen-bond donors (Lipinski definition) is 5. The first-order valence-corrected chi connectivity index (χ1v) is 7.13. The number of aliphatic hydroxyl groups excluding tert-OH is 4. The molecule has 2 aromatic rings. The molecule has 120 valence electrons. The third-order valence-corrected chi connectivity index (χ3v) is 4.03. The number of nitrogens with one attached hydrogen (secondary N) is 1. The van der Waals surface area contributed by atoms with Crippen molar-refractivity contribution in [1.29, 1.82) is 0 Å². The van der Waals surface area contributed by atoms with Crippen LogP contribution >= 0.6 is 11.6 Å². The van der Waals surface area contributed by atoms with E-state index in [9.17, 15) is 15.3 Å². The summed E-state index contributed by atoms with van der Waals surface area (Å²) in [6.07, 6.45) is -5.10. The van der Waals surface area contributed by atoms with E-state index in [-0.39, 0.29) is 0 Å². The van der Waals surface area contributed by atoms with Crippen LogP contribution in [0.5, 0.6) is 5.75 Å². The third-order valence-electron chi connectivity index (χ3n) is 3.71. The van der Waals surface area contributed by atoms with Crippen molar-refractivity contribution in [1.82, 2.24) is 4.98 Å². The molecule has 0 radical (unpaired) electrons. The van der Waals surface area contributed by atoms with Crippen LogP contribution in [0.4, 0.5) is 0 Å². The Hall–Kier alpha value is -1.35. The van der Waals surface area contributed by atoms with Crippen molar-refractivity contribution in [3.8, 4) is 5.75 Å². The first-order valence-electron chi connectivity index (χ1n) is 6.75. The molecule has 0 amide bonds. The van der Waals surface area contributed by atoms with Crippen molar-refractivity contribution in [3.05, 3.63) is 29.4 Å². The molecule has 5 N–H and O–H groups in total. The Balaban J connectivity index is 1.88. The molecule has 0 aliphatic carbocycles. The Bertz CT molecular complexity index is 660. The second-order valence-corrected chi connectivity index (χ2v) is 5.54. The fraction of sp³-hybridized carbons (Fsp3) is 0.429. The Kier molecular flexibility index (Phi) is 4.26. The molecule has 0 bridgehead atoms. The SMILES string of the molecule is OC[C@@H]1O[C@@H](Oc2c[nH]c3cccc(Cl)c23)[C@@H](O)[C@H](O)[C@H]1O. The maximum Gasteiger partial charge on any atom is 0.229 e. The van der Waals surface area contributed by atoms with Crippen LogP contribution in [-0.2, 0) is 4.74 Å². The zero-order valence-electron chi connectivity index (χ0n) is 11.4. The van der Waals surface area contributed by atoms with E-state index in [1.165, 1.54) is 0 Å².